The molecule has 2 aromatic carbocycles. The highest BCUT2D eigenvalue weighted by Crippen LogP contribution is 2.21. The largest absolute Gasteiger partial charge is 0.298 e. The summed E-state index contributed by atoms with van der Waals surface area (Å²) >= 11 is 0. The van der Waals surface area contributed by atoms with Crippen LogP contribution in [-0.2, 0) is 0 Å². The second-order valence-electron chi connectivity index (χ2n) is 3.62. The molecule has 82 valence electrons. The number of rotatable bonds is 2. The van der Waals surface area contributed by atoms with Crippen molar-refractivity contribution in [1.29, 1.82) is 0 Å². The van der Waals surface area contributed by atoms with Gasteiger partial charge in [0.15, 0.2) is 0 Å². The van der Waals surface area contributed by atoms with Crippen LogP contribution in [0.4, 0.5) is 0 Å². The van der Waals surface area contributed by atoms with Crippen LogP contribution in [0.5, 0.6) is 0 Å². The number of aldehydes is 1. The molecule has 0 aliphatic carbocycles. The zero-order valence-electron chi connectivity index (χ0n) is 8.60. The van der Waals surface area contributed by atoms with Gasteiger partial charge >= 0.3 is 0 Å². The Hall–Kier alpha value is -1.89. The van der Waals surface area contributed by atoms with Gasteiger partial charge in [-0.15, -0.1) is 0 Å². The second-order valence-corrected chi connectivity index (χ2v) is 3.62. The Morgan fingerprint density at radius 3 is 2.25 bits per heavy atom. The molecule has 0 aliphatic rings. The highest BCUT2D eigenvalue weighted by molar-refractivity contribution is 5.79. The van der Waals surface area contributed by atoms with Crippen molar-refractivity contribution in [2.24, 2.45) is 0 Å². The van der Waals surface area contributed by atoms with Crippen molar-refractivity contribution in [1.82, 2.24) is 0 Å². The highest BCUT2D eigenvalue weighted by Gasteiger charge is 1.99. The second kappa shape index (κ2) is 5.26. The average Bonchev–Trinajstić information content (AvgIpc) is 2.29. The van der Waals surface area contributed by atoms with Crippen molar-refractivity contribution in [3.8, 4) is 11.1 Å². The Labute approximate surface area is 96.8 Å². The van der Waals surface area contributed by atoms with Gasteiger partial charge in [0.25, 0.3) is 0 Å². The van der Waals surface area contributed by atoms with E-state index in [0.29, 0.717) is 0 Å². The van der Waals surface area contributed by atoms with Gasteiger partial charge in [-0.3, -0.25) is 4.79 Å². The molecule has 0 unspecified atom stereocenters. The molecule has 0 aromatic heterocycles. The van der Waals surface area contributed by atoms with Gasteiger partial charge in [-0.1, -0.05) is 43.8 Å². The zero-order valence-corrected chi connectivity index (χ0v) is 8.60. The summed E-state index contributed by atoms with van der Waals surface area (Å²) in [4.78, 5) is 10.7. The Kier molecular flexibility index (Phi) is 4.01. The molecule has 0 saturated heterocycles. The van der Waals surface area contributed by atoms with Crippen LogP contribution in [0.1, 0.15) is 23.3 Å². The van der Waals surface area contributed by atoms with E-state index in [4.69, 9.17) is 0 Å². The predicted octanol–water partition coefficient (Wildman–Crippen LogP) is 4.11. The summed E-state index contributed by atoms with van der Waals surface area (Å²) in [7, 11) is 0. The first kappa shape index (κ1) is 12.2. The average molecular weight is 212 g/mol. The van der Waals surface area contributed by atoms with Gasteiger partial charge in [0.05, 0.1) is 0 Å². The summed E-state index contributed by atoms with van der Waals surface area (Å²) < 4.78 is 0. The number of carbonyl (C=O) groups is 1. The first-order chi connectivity index (χ1) is 7.29. The van der Waals surface area contributed by atoms with Crippen LogP contribution in [0.3, 0.4) is 0 Å². The van der Waals surface area contributed by atoms with Crippen LogP contribution in [0.25, 0.3) is 11.1 Å². The van der Waals surface area contributed by atoms with Crippen LogP contribution >= 0.6 is 0 Å². The van der Waals surface area contributed by atoms with Gasteiger partial charge in [-0.25, -0.2) is 0 Å². The first-order valence-corrected chi connectivity index (χ1v) is 4.92. The lowest BCUT2D eigenvalue weighted by molar-refractivity contribution is 0.112. The van der Waals surface area contributed by atoms with Crippen LogP contribution < -0.4 is 0 Å². The van der Waals surface area contributed by atoms with Crippen LogP contribution in [0, 0.1) is 6.92 Å². The van der Waals surface area contributed by atoms with Crippen LogP contribution in [-0.4, -0.2) is 6.29 Å². The lowest BCUT2D eigenvalue weighted by Crippen LogP contribution is -1.85. The van der Waals surface area contributed by atoms with E-state index in [9.17, 15) is 4.79 Å². The van der Waals surface area contributed by atoms with E-state index < -0.39 is 0 Å². The number of hydrogen-bond acceptors (Lipinski definition) is 1. The van der Waals surface area contributed by atoms with Gasteiger partial charge in [0.1, 0.15) is 6.29 Å². The molecule has 0 aliphatic heterocycles. The number of hydrogen-bond donors (Lipinski definition) is 0. The summed E-state index contributed by atoms with van der Waals surface area (Å²) in [5.41, 5.74) is 4.08. The molecule has 0 saturated carbocycles. The third kappa shape index (κ3) is 2.57. The van der Waals surface area contributed by atoms with Gasteiger partial charge in [0, 0.05) is 5.56 Å². The van der Waals surface area contributed by atoms with Crippen molar-refractivity contribution in [3.63, 3.8) is 0 Å². The molecule has 0 fully saturated rings. The summed E-state index contributed by atoms with van der Waals surface area (Å²) in [5.74, 6) is 0. The summed E-state index contributed by atoms with van der Waals surface area (Å²) in [5, 5.41) is 0. The monoisotopic (exact) mass is 212 g/mol. The Morgan fingerprint density at radius 1 is 0.938 bits per heavy atom. The fourth-order valence-corrected chi connectivity index (χ4v) is 1.68. The number of carbonyl (C=O) groups excluding carboxylic acids is 1. The van der Waals surface area contributed by atoms with Crippen LogP contribution in [0.15, 0.2) is 48.5 Å². The Morgan fingerprint density at radius 2 is 1.62 bits per heavy atom. The lowest BCUT2D eigenvalue weighted by Gasteiger charge is -2.04. The molecule has 2 aromatic rings. The molecule has 16 heavy (non-hydrogen) atoms. The third-order valence-electron chi connectivity index (χ3n) is 2.34. The van der Waals surface area contributed by atoms with Gasteiger partial charge in [-0.05, 0) is 35.7 Å². The topological polar surface area (TPSA) is 17.1 Å². The molecule has 0 bridgehead atoms. The highest BCUT2D eigenvalue weighted by atomic mass is 16.1. The number of aryl methyl sites for hydroxylation is 1. The third-order valence-corrected chi connectivity index (χ3v) is 2.34. The molecule has 1 nitrogen and oxygen atoms in total. The van der Waals surface area contributed by atoms with Crippen molar-refractivity contribution in [3.05, 3.63) is 59.7 Å². The summed E-state index contributed by atoms with van der Waals surface area (Å²) in [6.07, 6.45) is 0.888. The maximum atomic E-state index is 10.7. The molecular weight excluding hydrogens is 196 g/mol. The molecular formula is C15H16O. The lowest BCUT2D eigenvalue weighted by atomic mass is 10.0. The van der Waals surface area contributed by atoms with E-state index in [1.54, 1.807) is 0 Å². The minimum absolute atomic E-state index is 0. The van der Waals surface area contributed by atoms with E-state index in [0.717, 1.165) is 28.5 Å². The van der Waals surface area contributed by atoms with Crippen molar-refractivity contribution in [2.75, 3.05) is 0 Å². The smallest absolute Gasteiger partial charge is 0.150 e. The van der Waals surface area contributed by atoms with E-state index in [1.807, 2.05) is 49.4 Å². The van der Waals surface area contributed by atoms with E-state index in [-0.39, 0.29) is 7.43 Å². The molecule has 0 heterocycles. The predicted molar refractivity (Wildman–Crippen MR) is 68.7 cm³/mol. The van der Waals surface area contributed by atoms with Crippen molar-refractivity contribution < 1.29 is 4.79 Å². The Bertz CT molecular complexity index is 472. The van der Waals surface area contributed by atoms with E-state index >= 15 is 0 Å². The fourth-order valence-electron chi connectivity index (χ4n) is 1.68. The SMILES string of the molecule is C.Cc1cc(C=O)cc(-c2ccccc2)c1. The molecule has 0 atom stereocenters. The molecule has 2 rings (SSSR count). The normalized spacial score (nSPS) is 9.31. The maximum Gasteiger partial charge on any atom is 0.150 e. The molecule has 0 N–H and O–H groups in total. The van der Waals surface area contributed by atoms with E-state index in [2.05, 4.69) is 6.07 Å². The quantitative estimate of drug-likeness (QED) is 0.685. The fraction of sp³-hybridized carbons (Fsp3) is 0.133. The van der Waals surface area contributed by atoms with Crippen molar-refractivity contribution >= 4 is 6.29 Å². The summed E-state index contributed by atoms with van der Waals surface area (Å²) in [6.45, 7) is 2.00. The molecule has 0 spiro atoms. The Balaban J connectivity index is 0.00000128. The number of benzene rings is 2. The van der Waals surface area contributed by atoms with Gasteiger partial charge < -0.3 is 0 Å². The summed E-state index contributed by atoms with van der Waals surface area (Å²) in [6, 6.07) is 16.0. The van der Waals surface area contributed by atoms with Crippen LogP contribution in [0.2, 0.25) is 0 Å². The first-order valence-electron chi connectivity index (χ1n) is 4.92. The van der Waals surface area contributed by atoms with Gasteiger partial charge in [0.2, 0.25) is 0 Å². The molecule has 0 radical (unpaired) electrons. The molecule has 0 amide bonds. The molecule has 1 heteroatoms. The van der Waals surface area contributed by atoms with E-state index in [1.165, 1.54) is 0 Å². The standard InChI is InChI=1S/C14H12O.CH4/c1-11-7-12(10-15)9-14(8-11)13-5-3-2-4-6-13;/h2-10H,1H3;1H4. The zero-order chi connectivity index (χ0) is 10.7. The maximum absolute atomic E-state index is 10.7. The minimum atomic E-state index is 0. The minimum Gasteiger partial charge on any atom is -0.298 e. The van der Waals surface area contributed by atoms with Gasteiger partial charge in [-0.2, -0.15) is 0 Å². The van der Waals surface area contributed by atoms with Crippen molar-refractivity contribution in [2.45, 2.75) is 14.4 Å².